The molecule has 3 N–H and O–H groups in total. The van der Waals surface area contributed by atoms with E-state index in [1.807, 2.05) is 0 Å². The Balaban J connectivity index is 2.00. The van der Waals surface area contributed by atoms with E-state index in [9.17, 15) is 13.6 Å². The van der Waals surface area contributed by atoms with E-state index in [2.05, 4.69) is 5.32 Å². The lowest BCUT2D eigenvalue weighted by molar-refractivity contribution is 0.0226. The minimum atomic E-state index is -1.08. The number of nitrogens with zero attached hydrogens (tertiary/aromatic N) is 1. The predicted octanol–water partition coefficient (Wildman–Crippen LogP) is 3.17. The maximum Gasteiger partial charge on any atom is 0.410 e. The first-order chi connectivity index (χ1) is 10.7. The van der Waals surface area contributed by atoms with E-state index in [0.717, 1.165) is 0 Å². The zero-order valence-corrected chi connectivity index (χ0v) is 13.6. The molecule has 1 aromatic carbocycles. The first-order valence-electron chi connectivity index (χ1n) is 7.58. The monoisotopic (exact) mass is 327 g/mol. The van der Waals surface area contributed by atoms with Crippen LogP contribution in [0.3, 0.4) is 0 Å². The van der Waals surface area contributed by atoms with Gasteiger partial charge in [-0.25, -0.2) is 13.6 Å². The van der Waals surface area contributed by atoms with Crippen molar-refractivity contribution in [2.45, 2.75) is 45.0 Å². The summed E-state index contributed by atoms with van der Waals surface area (Å²) < 4.78 is 32.1. The van der Waals surface area contributed by atoms with Crippen LogP contribution in [0.25, 0.3) is 0 Å². The second-order valence-electron chi connectivity index (χ2n) is 6.73. The lowest BCUT2D eigenvalue weighted by Crippen LogP contribution is -2.42. The van der Waals surface area contributed by atoms with Crippen molar-refractivity contribution in [3.8, 4) is 0 Å². The highest BCUT2D eigenvalue weighted by molar-refractivity contribution is 5.70. The first kappa shape index (κ1) is 17.3. The van der Waals surface area contributed by atoms with Gasteiger partial charge in [0.1, 0.15) is 17.6 Å². The number of amides is 1. The highest BCUT2D eigenvalue weighted by Crippen LogP contribution is 2.25. The lowest BCUT2D eigenvalue weighted by atomic mass is 10.2. The summed E-state index contributed by atoms with van der Waals surface area (Å²) in [4.78, 5) is 13.6. The van der Waals surface area contributed by atoms with E-state index in [1.54, 1.807) is 20.8 Å². The SMILES string of the molecule is CC(C)(C)OC(=O)N1C[C@@H](F)C[C@H]1CNc1ccc(F)cc1N. The number of nitrogen functional groups attached to an aromatic ring is 1. The maximum absolute atomic E-state index is 13.7. The number of rotatable bonds is 3. The number of ether oxygens (including phenoxy) is 1. The van der Waals surface area contributed by atoms with Crippen LogP contribution in [0, 0.1) is 5.82 Å². The van der Waals surface area contributed by atoms with Gasteiger partial charge >= 0.3 is 6.09 Å². The van der Waals surface area contributed by atoms with Crippen molar-refractivity contribution in [2.24, 2.45) is 0 Å². The van der Waals surface area contributed by atoms with Crippen molar-refractivity contribution in [1.82, 2.24) is 4.90 Å². The summed E-state index contributed by atoms with van der Waals surface area (Å²) in [7, 11) is 0. The van der Waals surface area contributed by atoms with E-state index in [4.69, 9.17) is 10.5 Å². The Hall–Kier alpha value is -2.05. The number of likely N-dealkylation sites (tertiary alicyclic amines) is 1. The molecule has 23 heavy (non-hydrogen) atoms. The first-order valence-corrected chi connectivity index (χ1v) is 7.58. The highest BCUT2D eigenvalue weighted by Gasteiger charge is 2.37. The fraction of sp³-hybridized carbons (Fsp3) is 0.562. The van der Waals surface area contributed by atoms with Crippen LogP contribution in [-0.2, 0) is 4.74 Å². The largest absolute Gasteiger partial charge is 0.444 e. The van der Waals surface area contributed by atoms with E-state index >= 15 is 0 Å². The van der Waals surface area contributed by atoms with Crippen molar-refractivity contribution < 1.29 is 18.3 Å². The second-order valence-corrected chi connectivity index (χ2v) is 6.73. The molecular formula is C16H23F2N3O2. The fourth-order valence-corrected chi connectivity index (χ4v) is 2.52. The number of nitrogens with two attached hydrogens (primary N) is 1. The van der Waals surface area contributed by atoms with E-state index in [1.165, 1.54) is 23.1 Å². The minimum Gasteiger partial charge on any atom is -0.444 e. The van der Waals surface area contributed by atoms with Crippen molar-refractivity contribution in [3.05, 3.63) is 24.0 Å². The van der Waals surface area contributed by atoms with Crippen molar-refractivity contribution in [1.29, 1.82) is 0 Å². The summed E-state index contributed by atoms with van der Waals surface area (Å²) in [5.74, 6) is -0.423. The van der Waals surface area contributed by atoms with Crippen LogP contribution in [-0.4, -0.2) is 41.9 Å². The molecule has 1 fully saturated rings. The minimum absolute atomic E-state index is 0.0140. The number of carbonyl (C=O) groups is 1. The number of anilines is 2. The van der Waals surface area contributed by atoms with Crippen molar-refractivity contribution in [3.63, 3.8) is 0 Å². The molecule has 0 radical (unpaired) electrons. The van der Waals surface area contributed by atoms with Crippen LogP contribution in [0.2, 0.25) is 0 Å². The molecule has 1 aliphatic heterocycles. The molecule has 128 valence electrons. The lowest BCUT2D eigenvalue weighted by Gasteiger charge is -2.28. The number of nitrogens with one attached hydrogen (secondary N) is 1. The van der Waals surface area contributed by atoms with Crippen LogP contribution >= 0.6 is 0 Å². The Morgan fingerprint density at radius 2 is 2.17 bits per heavy atom. The summed E-state index contributed by atoms with van der Waals surface area (Å²) in [6.07, 6.45) is -1.38. The highest BCUT2D eigenvalue weighted by atomic mass is 19.1. The smallest absolute Gasteiger partial charge is 0.410 e. The molecule has 1 heterocycles. The molecule has 5 nitrogen and oxygen atoms in total. The summed E-state index contributed by atoms with van der Waals surface area (Å²) in [6.45, 7) is 5.62. The number of alkyl halides is 1. The van der Waals surface area contributed by atoms with Crippen LogP contribution in [0.1, 0.15) is 27.2 Å². The molecule has 7 heteroatoms. The summed E-state index contributed by atoms with van der Waals surface area (Å²) in [6, 6.07) is 3.67. The Labute approximate surface area is 134 Å². The van der Waals surface area contributed by atoms with Gasteiger partial charge < -0.3 is 20.7 Å². The quantitative estimate of drug-likeness (QED) is 0.837. The van der Waals surface area contributed by atoms with Gasteiger partial charge in [-0.1, -0.05) is 0 Å². The van der Waals surface area contributed by atoms with Gasteiger partial charge in [-0.2, -0.15) is 0 Å². The van der Waals surface area contributed by atoms with Gasteiger partial charge in [-0.05, 0) is 39.0 Å². The topological polar surface area (TPSA) is 67.6 Å². The van der Waals surface area contributed by atoms with Crippen LogP contribution in [0.5, 0.6) is 0 Å². The zero-order valence-electron chi connectivity index (χ0n) is 13.6. The van der Waals surface area contributed by atoms with Gasteiger partial charge in [0.25, 0.3) is 0 Å². The third kappa shape index (κ3) is 4.71. The van der Waals surface area contributed by atoms with Gasteiger partial charge in [0.05, 0.1) is 24.0 Å². The molecule has 1 aliphatic rings. The number of halogens is 2. The van der Waals surface area contributed by atoms with Gasteiger partial charge in [-0.15, -0.1) is 0 Å². The summed E-state index contributed by atoms with van der Waals surface area (Å²) in [5, 5.41) is 3.04. The van der Waals surface area contributed by atoms with Crippen molar-refractivity contribution >= 4 is 17.5 Å². The third-order valence-corrected chi connectivity index (χ3v) is 3.53. The van der Waals surface area contributed by atoms with Gasteiger partial charge in [0.2, 0.25) is 0 Å². The Morgan fingerprint density at radius 3 is 2.78 bits per heavy atom. The second kappa shape index (κ2) is 6.60. The number of hydrogen-bond acceptors (Lipinski definition) is 4. The number of benzene rings is 1. The molecule has 1 aromatic rings. The maximum atomic E-state index is 13.7. The normalized spacial score (nSPS) is 21.3. The van der Waals surface area contributed by atoms with Crippen LogP contribution in [0.15, 0.2) is 18.2 Å². The Bertz CT molecular complexity index is 575. The molecular weight excluding hydrogens is 304 g/mol. The molecule has 1 amide bonds. The molecule has 2 rings (SSSR count). The van der Waals surface area contributed by atoms with E-state index in [-0.39, 0.29) is 24.7 Å². The van der Waals surface area contributed by atoms with Crippen LogP contribution in [0.4, 0.5) is 25.0 Å². The number of hydrogen-bond donors (Lipinski definition) is 2. The molecule has 0 bridgehead atoms. The van der Waals surface area contributed by atoms with E-state index in [0.29, 0.717) is 12.2 Å². The fourth-order valence-electron chi connectivity index (χ4n) is 2.52. The molecule has 0 spiro atoms. The summed E-state index contributed by atoms with van der Waals surface area (Å²) >= 11 is 0. The van der Waals surface area contributed by atoms with Crippen LogP contribution < -0.4 is 11.1 Å². The average Bonchev–Trinajstić information content (AvgIpc) is 2.77. The predicted molar refractivity (Wildman–Crippen MR) is 85.5 cm³/mol. The Morgan fingerprint density at radius 1 is 1.48 bits per heavy atom. The molecule has 2 atom stereocenters. The standard InChI is InChI=1S/C16H23F2N3O2/c1-16(2,3)23-15(22)21-9-11(18)6-12(21)8-20-14-5-4-10(17)7-13(14)19/h4-5,7,11-12,20H,6,8-9,19H2,1-3H3/t11-,12-/m0/s1. The number of carbonyl (C=O) groups excluding carboxylic acids is 1. The molecule has 0 unspecified atom stereocenters. The summed E-state index contributed by atoms with van der Waals surface area (Å²) in [5.41, 5.74) is 5.92. The molecule has 0 aliphatic carbocycles. The molecule has 0 saturated carbocycles. The molecule has 1 saturated heterocycles. The van der Waals surface area contributed by atoms with Gasteiger partial charge in [-0.3, -0.25) is 0 Å². The third-order valence-electron chi connectivity index (χ3n) is 3.53. The van der Waals surface area contributed by atoms with Gasteiger partial charge in [0, 0.05) is 13.0 Å². The zero-order chi connectivity index (χ0) is 17.2. The Kier molecular flexibility index (Phi) is 4.97. The van der Waals surface area contributed by atoms with Gasteiger partial charge in [0.15, 0.2) is 0 Å². The van der Waals surface area contributed by atoms with E-state index < -0.39 is 23.7 Å². The molecule has 0 aromatic heterocycles. The van der Waals surface area contributed by atoms with Crippen molar-refractivity contribution in [2.75, 3.05) is 24.1 Å². The average molecular weight is 327 g/mol.